The number of hydrogen-bond acceptors (Lipinski definition) is 1. The average Bonchev–Trinajstić information content (AvgIpc) is 2.50. The highest BCUT2D eigenvalue weighted by atomic mass is 79.9. The standard InChI is InChI=1S/C15H11BrF3NO/c16-7-9-2-1-3-10(4-9)8-20-15(21)11-5-12(17)14(19)13(18)6-11/h1-6H,7-8H2,(H,20,21). The lowest BCUT2D eigenvalue weighted by Crippen LogP contribution is -2.23. The van der Waals surface area contributed by atoms with Gasteiger partial charge in [-0.25, -0.2) is 13.2 Å². The van der Waals surface area contributed by atoms with Crippen LogP contribution >= 0.6 is 15.9 Å². The Morgan fingerprint density at radius 1 is 1.05 bits per heavy atom. The zero-order valence-corrected chi connectivity index (χ0v) is 12.4. The van der Waals surface area contributed by atoms with E-state index in [1.165, 1.54) is 0 Å². The number of nitrogens with one attached hydrogen (secondary N) is 1. The van der Waals surface area contributed by atoms with Gasteiger partial charge >= 0.3 is 0 Å². The Labute approximate surface area is 128 Å². The van der Waals surface area contributed by atoms with Gasteiger partial charge in [-0.2, -0.15) is 0 Å². The molecule has 0 aromatic heterocycles. The Morgan fingerprint density at radius 3 is 2.29 bits per heavy atom. The molecule has 0 bridgehead atoms. The number of halogens is 4. The Morgan fingerprint density at radius 2 is 1.67 bits per heavy atom. The topological polar surface area (TPSA) is 29.1 Å². The molecule has 110 valence electrons. The molecule has 2 aromatic carbocycles. The first-order valence-corrected chi connectivity index (χ1v) is 7.20. The van der Waals surface area contributed by atoms with Gasteiger partial charge in [0.2, 0.25) is 0 Å². The van der Waals surface area contributed by atoms with Crippen molar-refractivity contribution in [2.45, 2.75) is 11.9 Å². The molecule has 0 aliphatic heterocycles. The van der Waals surface area contributed by atoms with Crippen molar-refractivity contribution in [2.75, 3.05) is 0 Å². The van der Waals surface area contributed by atoms with Crippen LogP contribution in [0.15, 0.2) is 36.4 Å². The predicted octanol–water partition coefficient (Wildman–Crippen LogP) is 3.93. The van der Waals surface area contributed by atoms with Gasteiger partial charge in [-0.3, -0.25) is 4.79 Å². The molecule has 2 rings (SSSR count). The summed E-state index contributed by atoms with van der Waals surface area (Å²) in [4.78, 5) is 11.8. The normalized spacial score (nSPS) is 10.5. The van der Waals surface area contributed by atoms with E-state index in [2.05, 4.69) is 21.2 Å². The summed E-state index contributed by atoms with van der Waals surface area (Å²) in [5.41, 5.74) is 1.63. The third-order valence-electron chi connectivity index (χ3n) is 2.84. The van der Waals surface area contributed by atoms with Crippen LogP contribution in [0.1, 0.15) is 21.5 Å². The number of amides is 1. The van der Waals surface area contributed by atoms with Gasteiger partial charge in [0, 0.05) is 17.4 Å². The van der Waals surface area contributed by atoms with Crippen molar-refractivity contribution in [1.29, 1.82) is 0 Å². The molecule has 0 radical (unpaired) electrons. The second-order valence-corrected chi connectivity index (χ2v) is 4.95. The van der Waals surface area contributed by atoms with Gasteiger partial charge < -0.3 is 5.32 Å². The third-order valence-corrected chi connectivity index (χ3v) is 3.49. The summed E-state index contributed by atoms with van der Waals surface area (Å²) in [5.74, 6) is -5.03. The first-order chi connectivity index (χ1) is 10.0. The maximum Gasteiger partial charge on any atom is 0.251 e. The van der Waals surface area contributed by atoms with Crippen LogP contribution in [0.4, 0.5) is 13.2 Å². The van der Waals surface area contributed by atoms with Crippen LogP contribution in [0.2, 0.25) is 0 Å². The predicted molar refractivity (Wildman–Crippen MR) is 76.6 cm³/mol. The van der Waals surface area contributed by atoms with E-state index in [0.29, 0.717) is 17.5 Å². The first-order valence-electron chi connectivity index (χ1n) is 6.08. The SMILES string of the molecule is O=C(NCc1cccc(CBr)c1)c1cc(F)c(F)c(F)c1. The maximum absolute atomic E-state index is 13.1. The van der Waals surface area contributed by atoms with E-state index in [1.807, 2.05) is 24.3 Å². The van der Waals surface area contributed by atoms with Crippen molar-refractivity contribution in [3.05, 3.63) is 70.5 Å². The van der Waals surface area contributed by atoms with E-state index in [4.69, 9.17) is 0 Å². The van der Waals surface area contributed by atoms with E-state index in [0.717, 1.165) is 11.1 Å². The second kappa shape index (κ2) is 6.76. The lowest BCUT2D eigenvalue weighted by Gasteiger charge is -2.07. The number of carbonyl (C=O) groups is 1. The summed E-state index contributed by atoms with van der Waals surface area (Å²) < 4.78 is 38.9. The lowest BCUT2D eigenvalue weighted by atomic mass is 10.1. The minimum Gasteiger partial charge on any atom is -0.348 e. The quantitative estimate of drug-likeness (QED) is 0.651. The maximum atomic E-state index is 13.1. The van der Waals surface area contributed by atoms with E-state index in [1.54, 1.807) is 0 Å². The highest BCUT2D eigenvalue weighted by molar-refractivity contribution is 9.08. The van der Waals surface area contributed by atoms with Crippen LogP contribution in [0, 0.1) is 17.5 Å². The Bertz CT molecular complexity index is 653. The van der Waals surface area contributed by atoms with Gasteiger partial charge in [0.1, 0.15) is 0 Å². The fourth-order valence-electron chi connectivity index (χ4n) is 1.79. The van der Waals surface area contributed by atoms with Crippen molar-refractivity contribution < 1.29 is 18.0 Å². The van der Waals surface area contributed by atoms with Gasteiger partial charge in [0.25, 0.3) is 5.91 Å². The minimum absolute atomic E-state index is 0.209. The fraction of sp³-hybridized carbons (Fsp3) is 0.133. The summed E-state index contributed by atoms with van der Waals surface area (Å²) in [6, 6.07) is 8.81. The Hall–Kier alpha value is -1.82. The molecule has 1 N–H and O–H groups in total. The highest BCUT2D eigenvalue weighted by Crippen LogP contribution is 2.14. The van der Waals surface area contributed by atoms with Gasteiger partial charge in [-0.05, 0) is 23.3 Å². The molecule has 1 amide bonds. The lowest BCUT2D eigenvalue weighted by molar-refractivity contribution is 0.0949. The van der Waals surface area contributed by atoms with E-state index >= 15 is 0 Å². The monoisotopic (exact) mass is 357 g/mol. The molecule has 6 heteroatoms. The molecule has 0 saturated carbocycles. The summed E-state index contributed by atoms with van der Waals surface area (Å²) in [6.07, 6.45) is 0. The smallest absolute Gasteiger partial charge is 0.251 e. The molecule has 0 saturated heterocycles. The largest absolute Gasteiger partial charge is 0.348 e. The average molecular weight is 358 g/mol. The van der Waals surface area contributed by atoms with E-state index < -0.39 is 23.4 Å². The van der Waals surface area contributed by atoms with Crippen molar-refractivity contribution in [2.24, 2.45) is 0 Å². The molecular weight excluding hydrogens is 347 g/mol. The molecule has 2 nitrogen and oxygen atoms in total. The van der Waals surface area contributed by atoms with Crippen LogP contribution in [-0.2, 0) is 11.9 Å². The minimum atomic E-state index is -1.59. The highest BCUT2D eigenvalue weighted by Gasteiger charge is 2.14. The van der Waals surface area contributed by atoms with Crippen molar-refractivity contribution >= 4 is 21.8 Å². The van der Waals surface area contributed by atoms with Crippen molar-refractivity contribution in [3.8, 4) is 0 Å². The second-order valence-electron chi connectivity index (χ2n) is 4.39. The van der Waals surface area contributed by atoms with Gasteiger partial charge in [-0.1, -0.05) is 40.2 Å². The molecular formula is C15H11BrF3NO. The zero-order valence-electron chi connectivity index (χ0n) is 10.8. The molecule has 21 heavy (non-hydrogen) atoms. The number of rotatable bonds is 4. The number of hydrogen-bond donors (Lipinski definition) is 1. The summed E-state index contributed by atoms with van der Waals surface area (Å²) >= 11 is 3.32. The van der Waals surface area contributed by atoms with Crippen LogP contribution in [0.25, 0.3) is 0 Å². The van der Waals surface area contributed by atoms with Crippen LogP contribution in [-0.4, -0.2) is 5.91 Å². The van der Waals surface area contributed by atoms with Crippen molar-refractivity contribution in [3.63, 3.8) is 0 Å². The molecule has 0 atom stereocenters. The summed E-state index contributed by atoms with van der Waals surface area (Å²) in [6.45, 7) is 0.209. The summed E-state index contributed by atoms with van der Waals surface area (Å²) in [7, 11) is 0. The van der Waals surface area contributed by atoms with Crippen LogP contribution in [0.3, 0.4) is 0 Å². The zero-order chi connectivity index (χ0) is 15.4. The molecule has 0 aliphatic rings. The first kappa shape index (κ1) is 15.6. The Kier molecular flexibility index (Phi) is 5.01. The number of alkyl halides is 1. The molecule has 0 fully saturated rings. The molecule has 0 unspecified atom stereocenters. The van der Waals surface area contributed by atoms with Gasteiger partial charge in [0.05, 0.1) is 0 Å². The van der Waals surface area contributed by atoms with Gasteiger partial charge in [-0.15, -0.1) is 0 Å². The molecule has 2 aromatic rings. The molecule has 0 spiro atoms. The van der Waals surface area contributed by atoms with E-state index in [9.17, 15) is 18.0 Å². The van der Waals surface area contributed by atoms with E-state index in [-0.39, 0.29) is 12.1 Å². The van der Waals surface area contributed by atoms with Crippen LogP contribution < -0.4 is 5.32 Å². The third kappa shape index (κ3) is 3.85. The number of benzene rings is 2. The van der Waals surface area contributed by atoms with Crippen LogP contribution in [0.5, 0.6) is 0 Å². The molecule has 0 aliphatic carbocycles. The summed E-state index contributed by atoms with van der Waals surface area (Å²) in [5, 5.41) is 3.21. The fourth-order valence-corrected chi connectivity index (χ4v) is 2.14. The number of carbonyl (C=O) groups excluding carboxylic acids is 1. The molecule has 0 heterocycles. The van der Waals surface area contributed by atoms with Gasteiger partial charge in [0.15, 0.2) is 17.5 Å². The van der Waals surface area contributed by atoms with Crippen molar-refractivity contribution in [1.82, 2.24) is 5.32 Å². The Balaban J connectivity index is 2.08.